The van der Waals surface area contributed by atoms with Gasteiger partial charge in [0.1, 0.15) is 6.04 Å². The van der Waals surface area contributed by atoms with Gasteiger partial charge in [0.25, 0.3) is 17.5 Å². The number of methoxy groups -OCH3 is 1. The summed E-state index contributed by atoms with van der Waals surface area (Å²) in [7, 11) is 1.20. The van der Waals surface area contributed by atoms with Crippen LogP contribution in [-0.2, 0) is 15.3 Å². The molecule has 2 aromatic carbocycles. The second-order valence-corrected chi connectivity index (χ2v) is 7.03. The second kappa shape index (κ2) is 8.22. The number of hydrogen-bond donors (Lipinski definition) is 0. The van der Waals surface area contributed by atoms with Crippen molar-refractivity contribution >= 4 is 35.2 Å². The van der Waals surface area contributed by atoms with Gasteiger partial charge in [-0.15, -0.1) is 0 Å². The Bertz CT molecular complexity index is 909. The lowest BCUT2D eigenvalue weighted by Gasteiger charge is -2.23. The van der Waals surface area contributed by atoms with Crippen molar-refractivity contribution in [1.29, 1.82) is 0 Å². The quantitative estimate of drug-likeness (QED) is 0.304. The third kappa shape index (κ3) is 3.74. The maximum atomic E-state index is 12.6. The van der Waals surface area contributed by atoms with Gasteiger partial charge in [-0.05, 0) is 17.7 Å². The fraction of sp³-hybridized carbons (Fsp3) is 0.211. The highest BCUT2D eigenvalue weighted by Gasteiger charge is 2.43. The van der Waals surface area contributed by atoms with E-state index in [4.69, 9.17) is 4.74 Å². The molecule has 1 aliphatic rings. The van der Waals surface area contributed by atoms with Gasteiger partial charge < -0.3 is 4.74 Å². The highest BCUT2D eigenvalue weighted by Crippen LogP contribution is 2.27. The highest BCUT2D eigenvalue weighted by atomic mass is 32.2. The van der Waals surface area contributed by atoms with Gasteiger partial charge >= 0.3 is 5.97 Å². The number of esters is 1. The van der Waals surface area contributed by atoms with Crippen LogP contribution >= 0.6 is 11.8 Å². The molecule has 0 radical (unpaired) electrons. The molecule has 2 amide bonds. The first kappa shape index (κ1) is 19.6. The van der Waals surface area contributed by atoms with Crippen molar-refractivity contribution < 1.29 is 24.0 Å². The minimum absolute atomic E-state index is 0.00721. The minimum atomic E-state index is -1.06. The summed E-state index contributed by atoms with van der Waals surface area (Å²) < 4.78 is 4.79. The zero-order valence-electron chi connectivity index (χ0n) is 14.9. The van der Waals surface area contributed by atoms with E-state index in [0.29, 0.717) is 5.75 Å². The number of hydrogen-bond acceptors (Lipinski definition) is 7. The predicted octanol–water partition coefficient (Wildman–Crippen LogP) is 2.67. The third-order valence-electron chi connectivity index (χ3n) is 4.30. The lowest BCUT2D eigenvalue weighted by atomic mass is 10.1. The van der Waals surface area contributed by atoms with Crippen molar-refractivity contribution in [3.63, 3.8) is 0 Å². The SMILES string of the molecule is COC(=O)C(CSCc1ccc([N+](=O)[O-])cc1)N1C(=O)c2ccccc2C1=O. The zero-order chi connectivity index (χ0) is 20.3. The van der Waals surface area contributed by atoms with Crippen LogP contribution in [0.15, 0.2) is 48.5 Å². The van der Waals surface area contributed by atoms with E-state index in [9.17, 15) is 24.5 Å². The van der Waals surface area contributed by atoms with Gasteiger partial charge in [0, 0.05) is 23.6 Å². The van der Waals surface area contributed by atoms with E-state index in [2.05, 4.69) is 0 Å². The Morgan fingerprint density at radius 3 is 2.18 bits per heavy atom. The van der Waals surface area contributed by atoms with Crippen molar-refractivity contribution in [2.24, 2.45) is 0 Å². The second-order valence-electron chi connectivity index (χ2n) is 6.00. The number of nitrogens with zero attached hydrogens (tertiary/aromatic N) is 2. The molecule has 28 heavy (non-hydrogen) atoms. The molecule has 144 valence electrons. The molecule has 2 aromatic rings. The van der Waals surface area contributed by atoms with Gasteiger partial charge in [-0.2, -0.15) is 11.8 Å². The van der Waals surface area contributed by atoms with Gasteiger partial charge in [-0.1, -0.05) is 24.3 Å². The number of fused-ring (bicyclic) bond motifs is 1. The Morgan fingerprint density at radius 1 is 1.11 bits per heavy atom. The van der Waals surface area contributed by atoms with E-state index in [1.54, 1.807) is 36.4 Å². The molecular weight excluding hydrogens is 384 g/mol. The average Bonchev–Trinajstić information content (AvgIpc) is 2.96. The summed E-state index contributed by atoms with van der Waals surface area (Å²) in [5.74, 6) is -1.12. The first-order chi connectivity index (χ1) is 13.4. The smallest absolute Gasteiger partial charge is 0.329 e. The molecule has 9 heteroatoms. The van der Waals surface area contributed by atoms with E-state index in [0.717, 1.165) is 10.5 Å². The summed E-state index contributed by atoms with van der Waals surface area (Å²) in [6.07, 6.45) is 0. The molecule has 1 heterocycles. The fourth-order valence-corrected chi connectivity index (χ4v) is 3.93. The van der Waals surface area contributed by atoms with Crippen LogP contribution in [0.3, 0.4) is 0 Å². The Balaban J connectivity index is 1.71. The van der Waals surface area contributed by atoms with E-state index >= 15 is 0 Å². The monoisotopic (exact) mass is 400 g/mol. The van der Waals surface area contributed by atoms with Crippen LogP contribution in [0.25, 0.3) is 0 Å². The molecule has 0 saturated heterocycles. The summed E-state index contributed by atoms with van der Waals surface area (Å²) in [6, 6.07) is 11.4. The third-order valence-corrected chi connectivity index (χ3v) is 5.39. The summed E-state index contributed by atoms with van der Waals surface area (Å²) >= 11 is 1.33. The molecule has 8 nitrogen and oxygen atoms in total. The van der Waals surface area contributed by atoms with Crippen molar-refractivity contribution in [2.75, 3.05) is 12.9 Å². The number of carbonyl (C=O) groups is 3. The maximum absolute atomic E-state index is 12.6. The number of benzene rings is 2. The number of rotatable bonds is 7. The van der Waals surface area contributed by atoms with Gasteiger partial charge in [0.2, 0.25) is 0 Å². The molecule has 0 aromatic heterocycles. The van der Waals surface area contributed by atoms with Crippen LogP contribution in [0.1, 0.15) is 26.3 Å². The van der Waals surface area contributed by atoms with Gasteiger partial charge in [-0.3, -0.25) is 24.6 Å². The highest BCUT2D eigenvalue weighted by molar-refractivity contribution is 7.98. The Kier molecular flexibility index (Phi) is 5.74. The number of nitro groups is 1. The topological polar surface area (TPSA) is 107 Å². The minimum Gasteiger partial charge on any atom is -0.467 e. The zero-order valence-corrected chi connectivity index (χ0v) is 15.7. The molecule has 0 fully saturated rings. The Hall–Kier alpha value is -3.20. The number of thioether (sulfide) groups is 1. The number of amides is 2. The lowest BCUT2D eigenvalue weighted by Crippen LogP contribution is -2.47. The van der Waals surface area contributed by atoms with E-state index in [1.165, 1.54) is 31.0 Å². The molecule has 1 aliphatic heterocycles. The molecule has 1 unspecified atom stereocenters. The average molecular weight is 400 g/mol. The van der Waals surface area contributed by atoms with E-state index < -0.39 is 28.7 Å². The molecule has 3 rings (SSSR count). The molecular formula is C19H16N2O6S. The summed E-state index contributed by atoms with van der Waals surface area (Å²) in [5.41, 5.74) is 1.34. The summed E-state index contributed by atoms with van der Waals surface area (Å²) in [6.45, 7) is 0. The van der Waals surface area contributed by atoms with Crippen LogP contribution in [0.5, 0.6) is 0 Å². The lowest BCUT2D eigenvalue weighted by molar-refractivity contribution is -0.384. The van der Waals surface area contributed by atoms with Crippen molar-refractivity contribution in [1.82, 2.24) is 4.90 Å². The standard InChI is InChI=1S/C19H16N2O6S/c1-27-19(24)16(11-28-10-12-6-8-13(9-7-12)21(25)26)20-17(22)14-4-2-3-5-15(14)18(20)23/h2-9,16H,10-11H2,1H3. The van der Waals surface area contributed by atoms with Gasteiger partial charge in [0.15, 0.2) is 0 Å². The first-order valence-electron chi connectivity index (χ1n) is 8.30. The number of non-ortho nitro benzene ring substituents is 1. The number of ether oxygens (including phenoxy) is 1. The summed E-state index contributed by atoms with van der Waals surface area (Å²) in [5, 5.41) is 10.7. The van der Waals surface area contributed by atoms with Crippen LogP contribution in [0.2, 0.25) is 0 Å². The van der Waals surface area contributed by atoms with Crippen LogP contribution in [0.4, 0.5) is 5.69 Å². The van der Waals surface area contributed by atoms with Crippen molar-refractivity contribution in [2.45, 2.75) is 11.8 Å². The fourth-order valence-electron chi connectivity index (χ4n) is 2.88. The number of nitro benzene ring substituents is 1. The Morgan fingerprint density at radius 2 is 1.68 bits per heavy atom. The van der Waals surface area contributed by atoms with Crippen LogP contribution < -0.4 is 0 Å². The van der Waals surface area contributed by atoms with E-state index in [1.807, 2.05) is 0 Å². The molecule has 1 atom stereocenters. The number of carbonyl (C=O) groups excluding carboxylic acids is 3. The largest absolute Gasteiger partial charge is 0.467 e. The predicted molar refractivity (Wildman–Crippen MR) is 102 cm³/mol. The molecule has 0 aliphatic carbocycles. The first-order valence-corrected chi connectivity index (χ1v) is 9.45. The molecule has 0 saturated carbocycles. The van der Waals surface area contributed by atoms with Crippen LogP contribution in [0, 0.1) is 10.1 Å². The molecule has 0 spiro atoms. The molecule has 0 N–H and O–H groups in total. The Labute approximate surface area is 164 Å². The maximum Gasteiger partial charge on any atom is 0.329 e. The number of imide groups is 1. The normalized spacial score (nSPS) is 14.0. The van der Waals surface area contributed by atoms with Crippen molar-refractivity contribution in [3.05, 3.63) is 75.3 Å². The van der Waals surface area contributed by atoms with Crippen LogP contribution in [-0.4, -0.2) is 46.5 Å². The van der Waals surface area contributed by atoms with E-state index in [-0.39, 0.29) is 22.6 Å². The summed E-state index contributed by atoms with van der Waals surface area (Å²) in [4.78, 5) is 48.7. The molecule has 0 bridgehead atoms. The van der Waals surface area contributed by atoms with Crippen molar-refractivity contribution in [3.8, 4) is 0 Å². The van der Waals surface area contributed by atoms with Gasteiger partial charge in [-0.25, -0.2) is 4.79 Å². The van der Waals surface area contributed by atoms with Gasteiger partial charge in [0.05, 0.1) is 23.2 Å².